The second kappa shape index (κ2) is 10.2. The highest BCUT2D eigenvalue weighted by molar-refractivity contribution is 7.26. The van der Waals surface area contributed by atoms with Crippen LogP contribution in [-0.4, -0.2) is 0 Å². The number of nitrogens with zero attached hydrogens (tertiary/aromatic N) is 2. The van der Waals surface area contributed by atoms with E-state index in [0.29, 0.717) is 11.1 Å². The van der Waals surface area contributed by atoms with E-state index in [-0.39, 0.29) is 11.8 Å². The Balaban J connectivity index is 1.18. The average Bonchev–Trinajstić information content (AvgIpc) is 3.75. The smallest absolute Gasteiger partial charge is 0.0998 e. The van der Waals surface area contributed by atoms with Crippen molar-refractivity contribution < 1.29 is 0 Å². The predicted molar refractivity (Wildman–Crippen MR) is 207 cm³/mol. The molecule has 0 N–H and O–H groups in total. The third-order valence-corrected chi connectivity index (χ3v) is 13.2. The molecule has 0 spiro atoms. The summed E-state index contributed by atoms with van der Waals surface area (Å²) in [6, 6.07) is 52.9. The fourth-order valence-corrected chi connectivity index (χ4v) is 11.2. The van der Waals surface area contributed by atoms with E-state index in [2.05, 4.69) is 146 Å². The maximum Gasteiger partial charge on any atom is 0.0998 e. The van der Waals surface area contributed by atoms with Gasteiger partial charge in [0.2, 0.25) is 0 Å². The first kappa shape index (κ1) is 27.9. The highest BCUT2D eigenvalue weighted by atomic mass is 32.1. The van der Waals surface area contributed by atoms with Gasteiger partial charge in [0.15, 0.2) is 0 Å². The molecule has 2 bridgehead atoms. The zero-order valence-corrected chi connectivity index (χ0v) is 28.2. The number of benzene rings is 7. The van der Waals surface area contributed by atoms with E-state index < -0.39 is 0 Å². The summed E-state index contributed by atoms with van der Waals surface area (Å²) >= 11 is 3.60. The zero-order chi connectivity index (χ0) is 33.1. The predicted octanol–water partition coefficient (Wildman–Crippen LogP) is 12.5. The first-order valence-electron chi connectivity index (χ1n) is 16.8. The highest BCUT2D eigenvalue weighted by Gasteiger charge is 2.42. The van der Waals surface area contributed by atoms with Crippen LogP contribution in [0, 0.1) is 22.7 Å². The molecule has 0 aliphatic heterocycles. The Morgan fingerprint density at radius 1 is 0.380 bits per heavy atom. The van der Waals surface area contributed by atoms with Crippen LogP contribution >= 0.6 is 22.7 Å². The van der Waals surface area contributed by atoms with Gasteiger partial charge in [-0.15, -0.1) is 22.7 Å². The van der Waals surface area contributed by atoms with E-state index in [1.807, 2.05) is 0 Å². The van der Waals surface area contributed by atoms with Gasteiger partial charge in [-0.1, -0.05) is 84.9 Å². The number of hydrogen-bond donors (Lipinski definition) is 0. The summed E-state index contributed by atoms with van der Waals surface area (Å²) < 4.78 is 4.95. The van der Waals surface area contributed by atoms with Crippen molar-refractivity contribution in [3.63, 3.8) is 0 Å². The molecule has 7 aromatic carbocycles. The largest absolute Gasteiger partial charge is 0.192 e. The summed E-state index contributed by atoms with van der Waals surface area (Å²) in [5.41, 5.74) is 12.9. The maximum atomic E-state index is 10.7. The molecule has 3 aliphatic carbocycles. The second-order valence-electron chi connectivity index (χ2n) is 13.3. The zero-order valence-electron chi connectivity index (χ0n) is 26.6. The first-order valence-corrected chi connectivity index (χ1v) is 18.4. The summed E-state index contributed by atoms with van der Waals surface area (Å²) in [7, 11) is 0. The molecule has 0 saturated carbocycles. The molecular formula is C46H24N2S2. The van der Waals surface area contributed by atoms with Crippen molar-refractivity contribution in [3.05, 3.63) is 178 Å². The van der Waals surface area contributed by atoms with Crippen molar-refractivity contribution in [3.8, 4) is 34.4 Å². The van der Waals surface area contributed by atoms with Crippen LogP contribution in [-0.2, 0) is 0 Å². The minimum Gasteiger partial charge on any atom is -0.192 e. The summed E-state index contributed by atoms with van der Waals surface area (Å²) in [6.07, 6.45) is 0. The molecule has 0 fully saturated rings. The molecule has 9 aromatic rings. The fourth-order valence-electron chi connectivity index (χ4n) is 8.94. The molecule has 2 nitrogen and oxygen atoms in total. The van der Waals surface area contributed by atoms with Crippen LogP contribution in [0.2, 0.25) is 0 Å². The first-order chi connectivity index (χ1) is 24.7. The van der Waals surface area contributed by atoms with Crippen LogP contribution in [0.25, 0.3) is 62.6 Å². The van der Waals surface area contributed by atoms with E-state index in [1.54, 1.807) is 22.7 Å². The molecule has 3 aliphatic rings. The maximum absolute atomic E-state index is 10.7. The van der Waals surface area contributed by atoms with Crippen LogP contribution in [0.3, 0.4) is 0 Å². The normalized spacial score (nSPS) is 15.6. The Labute approximate surface area is 296 Å². The van der Waals surface area contributed by atoms with Gasteiger partial charge in [0.25, 0.3) is 0 Å². The molecule has 0 saturated heterocycles. The summed E-state index contributed by atoms with van der Waals surface area (Å²) in [5, 5.41) is 26.3. The standard InChI is InChI=1S/C46H24N2S2/c47-23-25-19-35-38(22-34(25)30-14-8-18-42-46(30)32-12-4-6-16-40(32)50-42)44-28-10-2-1-9-27(28)43(35)37-21-33(26(24-48)20-36(37)44)29-13-7-17-41-45(29)31-11-3-5-15-39(31)49-41/h1-22,43-44H. The summed E-state index contributed by atoms with van der Waals surface area (Å²) in [6.45, 7) is 0. The lowest BCUT2D eigenvalue weighted by atomic mass is 9.60. The number of fused-ring (bicyclic) bond motifs is 6. The third kappa shape index (κ3) is 3.65. The Bertz CT molecular complexity index is 2830. The van der Waals surface area contributed by atoms with Gasteiger partial charge in [0, 0.05) is 63.3 Å². The summed E-state index contributed by atoms with van der Waals surface area (Å²) in [4.78, 5) is 0. The van der Waals surface area contributed by atoms with Gasteiger partial charge in [0.05, 0.1) is 23.3 Å². The van der Waals surface area contributed by atoms with E-state index in [4.69, 9.17) is 0 Å². The van der Waals surface area contributed by atoms with Crippen molar-refractivity contribution in [2.45, 2.75) is 11.8 Å². The van der Waals surface area contributed by atoms with Gasteiger partial charge < -0.3 is 0 Å². The highest BCUT2D eigenvalue weighted by Crippen LogP contribution is 2.58. The Hall–Kier alpha value is -6.04. The van der Waals surface area contributed by atoms with Gasteiger partial charge in [-0.05, 0) is 93.0 Å². The molecule has 50 heavy (non-hydrogen) atoms. The molecule has 0 radical (unpaired) electrons. The molecule has 2 atom stereocenters. The van der Waals surface area contributed by atoms with Crippen molar-refractivity contribution >= 4 is 63.0 Å². The quantitative estimate of drug-likeness (QED) is 0.184. The van der Waals surface area contributed by atoms with E-state index in [1.165, 1.54) is 73.7 Å². The average molecular weight is 669 g/mol. The minimum atomic E-state index is -0.0370. The van der Waals surface area contributed by atoms with Crippen LogP contribution in [0.4, 0.5) is 0 Å². The Kier molecular flexibility index (Phi) is 5.70. The minimum absolute atomic E-state index is 0.0370. The molecule has 0 amide bonds. The molecule has 12 rings (SSSR count). The number of rotatable bonds is 2. The van der Waals surface area contributed by atoms with Gasteiger partial charge in [-0.3, -0.25) is 0 Å². The lowest BCUT2D eigenvalue weighted by Crippen LogP contribution is -2.28. The van der Waals surface area contributed by atoms with Crippen LogP contribution in [0.1, 0.15) is 56.3 Å². The van der Waals surface area contributed by atoms with Crippen molar-refractivity contribution in [2.24, 2.45) is 0 Å². The van der Waals surface area contributed by atoms with Crippen LogP contribution < -0.4 is 0 Å². The Morgan fingerprint density at radius 3 is 1.24 bits per heavy atom. The van der Waals surface area contributed by atoms with Gasteiger partial charge in [-0.2, -0.15) is 10.5 Å². The lowest BCUT2D eigenvalue weighted by Gasteiger charge is -2.43. The monoisotopic (exact) mass is 668 g/mol. The number of nitriles is 2. The Morgan fingerprint density at radius 2 is 0.780 bits per heavy atom. The number of thiophene rings is 2. The van der Waals surface area contributed by atoms with Crippen LogP contribution in [0.15, 0.2) is 133 Å². The fraction of sp³-hybridized carbons (Fsp3) is 0.0435. The molecule has 2 aromatic heterocycles. The molecule has 4 heteroatoms. The van der Waals surface area contributed by atoms with Crippen molar-refractivity contribution in [1.82, 2.24) is 0 Å². The van der Waals surface area contributed by atoms with E-state index in [9.17, 15) is 10.5 Å². The molecule has 230 valence electrons. The van der Waals surface area contributed by atoms with E-state index in [0.717, 1.165) is 22.3 Å². The van der Waals surface area contributed by atoms with Crippen molar-refractivity contribution in [1.29, 1.82) is 10.5 Å². The van der Waals surface area contributed by atoms with Gasteiger partial charge >= 0.3 is 0 Å². The molecule has 2 heterocycles. The van der Waals surface area contributed by atoms with Crippen LogP contribution in [0.5, 0.6) is 0 Å². The van der Waals surface area contributed by atoms with Gasteiger partial charge in [-0.25, -0.2) is 0 Å². The second-order valence-corrected chi connectivity index (χ2v) is 15.5. The third-order valence-electron chi connectivity index (χ3n) is 10.9. The molecule has 2 unspecified atom stereocenters. The topological polar surface area (TPSA) is 47.6 Å². The molecular weight excluding hydrogens is 645 g/mol. The van der Waals surface area contributed by atoms with Gasteiger partial charge in [0.1, 0.15) is 0 Å². The van der Waals surface area contributed by atoms with E-state index >= 15 is 0 Å². The number of hydrogen-bond acceptors (Lipinski definition) is 4. The van der Waals surface area contributed by atoms with Crippen molar-refractivity contribution in [2.75, 3.05) is 0 Å². The summed E-state index contributed by atoms with van der Waals surface area (Å²) in [5.74, 6) is -0.0740. The SMILES string of the molecule is N#Cc1cc2c(cc1-c1cccc3sc4ccccc4c13)C1c3ccccc3C2c2cc(-c3cccc4sc5ccccc5c34)c(C#N)cc21. The lowest BCUT2D eigenvalue weighted by molar-refractivity contribution is 0.754.